The lowest BCUT2D eigenvalue weighted by molar-refractivity contribution is -0.277. The zero-order valence-corrected chi connectivity index (χ0v) is 23.7. The predicted octanol–water partition coefficient (Wildman–Crippen LogP) is 5.57. The number of carbonyl (C=O) groups excluding carboxylic acids is 1. The summed E-state index contributed by atoms with van der Waals surface area (Å²) in [5.41, 5.74) is 3.52. The molecule has 2 saturated heterocycles. The highest BCUT2D eigenvalue weighted by Gasteiger charge is 2.41. The van der Waals surface area contributed by atoms with E-state index in [0.717, 1.165) is 41.0 Å². The number of aliphatic hydroxyl groups excluding tert-OH is 1. The number of halogens is 1. The Morgan fingerprint density at radius 2 is 1.60 bits per heavy atom. The number of carbonyl (C=O) groups is 1. The van der Waals surface area contributed by atoms with E-state index in [1.807, 2.05) is 72.8 Å². The Kier molecular flexibility index (Phi) is 8.90. The van der Waals surface area contributed by atoms with E-state index in [1.54, 1.807) is 0 Å². The van der Waals surface area contributed by atoms with Crippen LogP contribution in [0, 0.1) is 5.92 Å². The number of aliphatic hydroxyl groups is 2. The van der Waals surface area contributed by atoms with Gasteiger partial charge in [0, 0.05) is 48.7 Å². The molecule has 0 bridgehead atoms. The Morgan fingerprint density at radius 3 is 2.20 bits per heavy atom. The van der Waals surface area contributed by atoms with Gasteiger partial charge in [-0.1, -0.05) is 67.1 Å². The second-order valence-electron chi connectivity index (χ2n) is 11.0. The lowest BCUT2D eigenvalue weighted by atomic mass is 9.84. The minimum Gasteiger partial charge on any atom is -0.392 e. The van der Waals surface area contributed by atoms with Crippen LogP contribution in [0.25, 0.3) is 0 Å². The topological polar surface area (TPSA) is 91.3 Å². The first kappa shape index (κ1) is 28.7. The number of piperidine rings is 1. The molecule has 3 aromatic rings. The molecule has 2 fully saturated rings. The summed E-state index contributed by atoms with van der Waals surface area (Å²) in [6.45, 7) is 5.84. The normalized spacial score (nSPS) is 24.9. The second-order valence-corrected chi connectivity index (χ2v) is 11.4. The SMILES string of the molecule is CC(=O)Nc1ccc([C@H]2O[C@@H](CN3CCC(O)(c4ccc(Cl)cc4)CC3)[C@@H](C)[C@@H](c3ccc(CO)cc3)O2)cc1. The minimum atomic E-state index is -0.863. The zero-order chi connectivity index (χ0) is 28.3. The summed E-state index contributed by atoms with van der Waals surface area (Å²) in [5.74, 6) is -0.0605. The van der Waals surface area contributed by atoms with E-state index in [2.05, 4.69) is 17.1 Å². The Balaban J connectivity index is 1.32. The molecular weight excluding hydrogens is 528 g/mol. The molecule has 3 aromatic carbocycles. The van der Waals surface area contributed by atoms with Gasteiger partial charge < -0.3 is 29.9 Å². The maximum atomic E-state index is 11.4. The Morgan fingerprint density at radius 1 is 0.975 bits per heavy atom. The number of rotatable bonds is 7. The molecule has 2 aliphatic rings. The zero-order valence-electron chi connectivity index (χ0n) is 22.9. The summed E-state index contributed by atoms with van der Waals surface area (Å²) in [5, 5.41) is 24.3. The summed E-state index contributed by atoms with van der Waals surface area (Å²) >= 11 is 6.05. The molecule has 0 saturated carbocycles. The van der Waals surface area contributed by atoms with Crippen LogP contribution >= 0.6 is 11.6 Å². The molecule has 0 aromatic heterocycles. The van der Waals surface area contributed by atoms with Gasteiger partial charge in [0.15, 0.2) is 6.29 Å². The fourth-order valence-electron chi connectivity index (χ4n) is 5.66. The number of nitrogens with zero attached hydrogens (tertiary/aromatic N) is 1. The van der Waals surface area contributed by atoms with Crippen molar-refractivity contribution < 1.29 is 24.5 Å². The van der Waals surface area contributed by atoms with Crippen molar-refractivity contribution in [3.05, 3.63) is 100 Å². The predicted molar refractivity (Wildman–Crippen MR) is 155 cm³/mol. The molecule has 2 aliphatic heterocycles. The number of amides is 1. The number of ether oxygens (including phenoxy) is 2. The van der Waals surface area contributed by atoms with Gasteiger partial charge in [-0.05, 0) is 53.8 Å². The molecule has 0 radical (unpaired) electrons. The van der Waals surface area contributed by atoms with E-state index in [9.17, 15) is 15.0 Å². The molecule has 4 atom stereocenters. The fourth-order valence-corrected chi connectivity index (χ4v) is 5.79. The molecule has 40 heavy (non-hydrogen) atoms. The number of anilines is 1. The highest BCUT2D eigenvalue weighted by atomic mass is 35.5. The van der Waals surface area contributed by atoms with E-state index in [-0.39, 0.29) is 30.6 Å². The Labute approximate surface area is 240 Å². The van der Waals surface area contributed by atoms with Crippen molar-refractivity contribution in [2.45, 2.75) is 57.4 Å². The van der Waals surface area contributed by atoms with Crippen molar-refractivity contribution in [1.82, 2.24) is 4.90 Å². The van der Waals surface area contributed by atoms with Crippen LogP contribution in [0.15, 0.2) is 72.8 Å². The van der Waals surface area contributed by atoms with Crippen LogP contribution in [-0.4, -0.2) is 46.8 Å². The largest absolute Gasteiger partial charge is 0.392 e. The lowest BCUT2D eigenvalue weighted by Gasteiger charge is -2.45. The van der Waals surface area contributed by atoms with Crippen LogP contribution in [0.4, 0.5) is 5.69 Å². The molecule has 0 unspecified atom stereocenters. The molecule has 0 spiro atoms. The van der Waals surface area contributed by atoms with Gasteiger partial charge in [0.2, 0.25) is 5.91 Å². The highest BCUT2D eigenvalue weighted by Crippen LogP contribution is 2.42. The van der Waals surface area contributed by atoms with Gasteiger partial charge in [-0.3, -0.25) is 4.79 Å². The van der Waals surface area contributed by atoms with Crippen LogP contribution in [0.3, 0.4) is 0 Å². The summed E-state index contributed by atoms with van der Waals surface area (Å²) in [4.78, 5) is 13.8. The van der Waals surface area contributed by atoms with Crippen molar-refractivity contribution in [2.75, 3.05) is 25.0 Å². The van der Waals surface area contributed by atoms with Gasteiger partial charge in [-0.15, -0.1) is 0 Å². The number of nitrogens with one attached hydrogen (secondary N) is 1. The maximum Gasteiger partial charge on any atom is 0.221 e. The van der Waals surface area contributed by atoms with E-state index < -0.39 is 11.9 Å². The third kappa shape index (κ3) is 6.57. The molecule has 7 nitrogen and oxygen atoms in total. The highest BCUT2D eigenvalue weighted by molar-refractivity contribution is 6.30. The summed E-state index contributed by atoms with van der Waals surface area (Å²) < 4.78 is 13.1. The molecule has 8 heteroatoms. The van der Waals surface area contributed by atoms with E-state index in [1.165, 1.54) is 6.92 Å². The van der Waals surface area contributed by atoms with Crippen molar-refractivity contribution in [3.63, 3.8) is 0 Å². The second kappa shape index (κ2) is 12.4. The van der Waals surface area contributed by atoms with Gasteiger partial charge in [-0.25, -0.2) is 0 Å². The van der Waals surface area contributed by atoms with Crippen molar-refractivity contribution in [1.29, 1.82) is 0 Å². The van der Waals surface area contributed by atoms with Crippen molar-refractivity contribution in [3.8, 4) is 0 Å². The first-order valence-corrected chi connectivity index (χ1v) is 14.2. The lowest BCUT2D eigenvalue weighted by Crippen LogP contribution is -2.49. The van der Waals surface area contributed by atoms with Gasteiger partial charge in [-0.2, -0.15) is 0 Å². The summed E-state index contributed by atoms with van der Waals surface area (Å²) in [6, 6.07) is 22.9. The number of hydrogen-bond donors (Lipinski definition) is 3. The maximum absolute atomic E-state index is 11.4. The number of likely N-dealkylation sites (tertiary alicyclic amines) is 1. The molecule has 2 heterocycles. The average Bonchev–Trinajstić information content (AvgIpc) is 2.96. The Bertz CT molecular complexity index is 1270. The van der Waals surface area contributed by atoms with E-state index >= 15 is 0 Å². The smallest absolute Gasteiger partial charge is 0.221 e. The molecule has 0 aliphatic carbocycles. The van der Waals surface area contributed by atoms with Gasteiger partial charge >= 0.3 is 0 Å². The van der Waals surface area contributed by atoms with Crippen LogP contribution < -0.4 is 5.32 Å². The van der Waals surface area contributed by atoms with Crippen LogP contribution in [0.5, 0.6) is 0 Å². The number of benzene rings is 3. The van der Waals surface area contributed by atoms with Crippen LogP contribution in [0.1, 0.15) is 61.3 Å². The summed E-state index contributed by atoms with van der Waals surface area (Å²) in [6.07, 6.45) is 0.366. The third-order valence-corrected chi connectivity index (χ3v) is 8.38. The van der Waals surface area contributed by atoms with Gasteiger partial charge in [0.05, 0.1) is 24.4 Å². The van der Waals surface area contributed by atoms with Crippen molar-refractivity contribution >= 4 is 23.2 Å². The van der Waals surface area contributed by atoms with E-state index in [0.29, 0.717) is 24.4 Å². The van der Waals surface area contributed by atoms with E-state index in [4.69, 9.17) is 21.1 Å². The monoisotopic (exact) mass is 564 g/mol. The minimum absolute atomic E-state index is 0.00626. The summed E-state index contributed by atoms with van der Waals surface area (Å²) in [7, 11) is 0. The first-order chi connectivity index (χ1) is 19.2. The standard InChI is InChI=1S/C32H37ClN2O5/c1-21-29(19-35-17-15-32(38,16-18-35)26-9-11-27(33)12-10-26)39-31(25-7-13-28(14-8-25)34-22(2)37)40-30(21)24-5-3-23(20-36)4-6-24/h3-14,21,29-31,36,38H,15-20H2,1-2H3,(H,34,37)/t21-,29+,30+,31+/m1/s1. The first-order valence-electron chi connectivity index (χ1n) is 13.8. The third-order valence-electron chi connectivity index (χ3n) is 8.13. The fraction of sp³-hybridized carbons (Fsp3) is 0.406. The molecular formula is C32H37ClN2O5. The van der Waals surface area contributed by atoms with Gasteiger partial charge in [0.25, 0.3) is 0 Å². The average molecular weight is 565 g/mol. The molecule has 3 N–H and O–H groups in total. The van der Waals surface area contributed by atoms with Crippen LogP contribution in [0.2, 0.25) is 5.02 Å². The number of hydrogen-bond acceptors (Lipinski definition) is 6. The molecule has 1 amide bonds. The van der Waals surface area contributed by atoms with Crippen LogP contribution in [-0.2, 0) is 26.5 Å². The Hall–Kier alpha value is -2.78. The van der Waals surface area contributed by atoms with Crippen molar-refractivity contribution in [2.24, 2.45) is 5.92 Å². The van der Waals surface area contributed by atoms with Gasteiger partial charge in [0.1, 0.15) is 0 Å². The molecule has 212 valence electrons. The molecule has 5 rings (SSSR count). The quantitative estimate of drug-likeness (QED) is 0.348.